The lowest BCUT2D eigenvalue weighted by Crippen LogP contribution is -1.88. The third-order valence-electron chi connectivity index (χ3n) is 2.13. The molecule has 96 valence electrons. The highest BCUT2D eigenvalue weighted by Gasteiger charge is 1.94. The van der Waals surface area contributed by atoms with Crippen LogP contribution in [0.25, 0.3) is 0 Å². The minimum Gasteiger partial charge on any atom is -0.396 e. The SMILES string of the molecule is Cc1ccc(N(Br)Br)cc1.Nc1ccccc1F. The van der Waals surface area contributed by atoms with E-state index in [-0.39, 0.29) is 11.5 Å². The van der Waals surface area contributed by atoms with Crippen molar-refractivity contribution >= 4 is 43.7 Å². The van der Waals surface area contributed by atoms with E-state index in [0.29, 0.717) is 0 Å². The lowest BCUT2D eigenvalue weighted by molar-refractivity contribution is 0.632. The predicted molar refractivity (Wildman–Crippen MR) is 82.3 cm³/mol. The molecule has 0 spiro atoms. The molecule has 0 fully saturated rings. The zero-order valence-electron chi connectivity index (χ0n) is 9.78. The van der Waals surface area contributed by atoms with Gasteiger partial charge in [0, 0.05) is 0 Å². The number of nitrogen functional groups attached to an aromatic ring is 1. The van der Waals surface area contributed by atoms with Crippen LogP contribution in [-0.2, 0) is 0 Å². The fourth-order valence-electron chi connectivity index (χ4n) is 1.13. The van der Waals surface area contributed by atoms with Gasteiger partial charge in [-0.25, -0.2) is 7.34 Å². The molecule has 18 heavy (non-hydrogen) atoms. The van der Waals surface area contributed by atoms with Crippen molar-refractivity contribution < 1.29 is 4.39 Å². The molecule has 0 unspecified atom stereocenters. The zero-order chi connectivity index (χ0) is 13.5. The van der Waals surface area contributed by atoms with Gasteiger partial charge in [-0.3, -0.25) is 0 Å². The summed E-state index contributed by atoms with van der Waals surface area (Å²) in [6, 6.07) is 14.3. The lowest BCUT2D eigenvalue weighted by Gasteiger charge is -2.05. The molecule has 0 radical (unpaired) electrons. The number of halogens is 3. The van der Waals surface area contributed by atoms with E-state index in [1.54, 1.807) is 15.1 Å². The fourth-order valence-corrected chi connectivity index (χ4v) is 1.61. The first-order valence-electron chi connectivity index (χ1n) is 5.19. The second-order valence-corrected chi connectivity index (χ2v) is 5.96. The molecule has 2 rings (SSSR count). The molecular formula is C13H13Br2FN2. The van der Waals surface area contributed by atoms with E-state index in [0.717, 1.165) is 5.69 Å². The van der Waals surface area contributed by atoms with Crippen molar-refractivity contribution in [2.75, 3.05) is 8.69 Å². The zero-order valence-corrected chi connectivity index (χ0v) is 12.9. The van der Waals surface area contributed by atoms with Crippen LogP contribution in [-0.4, -0.2) is 0 Å². The Morgan fingerprint density at radius 1 is 1.00 bits per heavy atom. The molecule has 5 heteroatoms. The maximum Gasteiger partial charge on any atom is 0.146 e. The van der Waals surface area contributed by atoms with Crippen LogP contribution in [0.15, 0.2) is 48.5 Å². The van der Waals surface area contributed by atoms with Crippen molar-refractivity contribution in [2.45, 2.75) is 6.92 Å². The van der Waals surface area contributed by atoms with Crippen LogP contribution >= 0.6 is 32.3 Å². The molecule has 0 atom stereocenters. The first-order chi connectivity index (χ1) is 8.50. The first-order valence-corrected chi connectivity index (χ1v) is 6.61. The Kier molecular flexibility index (Phi) is 6.15. The van der Waals surface area contributed by atoms with Crippen molar-refractivity contribution in [1.82, 2.24) is 0 Å². The standard InChI is InChI=1S/C7H7Br2N.C6H6FN/c1-6-2-4-7(5-3-6)10(8)9;7-5-3-1-2-4-6(5)8/h2-5H,1H3;1-4H,8H2. The van der Waals surface area contributed by atoms with Gasteiger partial charge in [-0.2, -0.15) is 0 Å². The highest BCUT2D eigenvalue weighted by atomic mass is 79.9. The molecule has 2 nitrogen and oxygen atoms in total. The fraction of sp³-hybridized carbons (Fsp3) is 0.0769. The topological polar surface area (TPSA) is 29.3 Å². The van der Waals surface area contributed by atoms with Crippen molar-refractivity contribution in [3.8, 4) is 0 Å². The number of nitrogens with two attached hydrogens (primary N) is 1. The summed E-state index contributed by atoms with van der Waals surface area (Å²) in [5.41, 5.74) is 7.70. The number of aryl methyl sites for hydroxylation is 1. The van der Waals surface area contributed by atoms with E-state index in [2.05, 4.69) is 51.4 Å². The van der Waals surface area contributed by atoms with Crippen LogP contribution in [0.5, 0.6) is 0 Å². The highest BCUT2D eigenvalue weighted by molar-refractivity contribution is 9.25. The quantitative estimate of drug-likeness (QED) is 0.571. The van der Waals surface area contributed by atoms with Gasteiger partial charge in [-0.15, -0.1) is 0 Å². The third-order valence-corrected chi connectivity index (χ3v) is 2.95. The van der Waals surface area contributed by atoms with E-state index in [1.807, 2.05) is 12.1 Å². The number of anilines is 2. The lowest BCUT2D eigenvalue weighted by atomic mass is 10.2. The number of nitrogens with zero attached hydrogens (tertiary/aromatic N) is 1. The van der Waals surface area contributed by atoms with Crippen LogP contribution in [0.4, 0.5) is 15.8 Å². The second kappa shape index (κ2) is 7.38. The summed E-state index contributed by atoms with van der Waals surface area (Å²) < 4.78 is 13.9. The van der Waals surface area contributed by atoms with Gasteiger partial charge in [-0.1, -0.05) is 29.8 Å². The van der Waals surface area contributed by atoms with E-state index in [1.165, 1.54) is 17.7 Å². The molecule has 2 aromatic rings. The molecule has 0 aromatic heterocycles. The van der Waals surface area contributed by atoms with E-state index in [9.17, 15) is 4.39 Å². The van der Waals surface area contributed by atoms with Crippen LogP contribution in [0.3, 0.4) is 0 Å². The Balaban J connectivity index is 0.000000184. The van der Waals surface area contributed by atoms with Gasteiger partial charge >= 0.3 is 0 Å². The molecule has 0 saturated heterocycles. The molecule has 0 aliphatic rings. The number of hydrogen-bond acceptors (Lipinski definition) is 2. The molecule has 0 amide bonds. The maximum absolute atomic E-state index is 12.2. The van der Waals surface area contributed by atoms with E-state index in [4.69, 9.17) is 5.73 Å². The summed E-state index contributed by atoms with van der Waals surface area (Å²) in [5.74, 6) is -0.354. The summed E-state index contributed by atoms with van der Waals surface area (Å²) in [6.07, 6.45) is 0. The normalized spacial score (nSPS) is 9.33. The van der Waals surface area contributed by atoms with Gasteiger partial charge in [0.15, 0.2) is 0 Å². The van der Waals surface area contributed by atoms with Gasteiger partial charge in [-0.05, 0) is 31.2 Å². The third kappa shape index (κ3) is 5.06. The van der Waals surface area contributed by atoms with Crippen LogP contribution < -0.4 is 8.69 Å². The second-order valence-electron chi connectivity index (χ2n) is 3.59. The maximum atomic E-state index is 12.2. The molecule has 0 heterocycles. The minimum atomic E-state index is -0.354. The molecule has 0 bridgehead atoms. The molecule has 2 aromatic carbocycles. The number of hydrogen-bond donors (Lipinski definition) is 1. The summed E-state index contributed by atoms with van der Waals surface area (Å²) in [4.78, 5) is 0. The monoisotopic (exact) mass is 374 g/mol. The Morgan fingerprint density at radius 3 is 1.94 bits per heavy atom. The summed E-state index contributed by atoms with van der Waals surface area (Å²) >= 11 is 6.51. The average molecular weight is 376 g/mol. The molecule has 2 N–H and O–H groups in total. The van der Waals surface area contributed by atoms with Crippen molar-refractivity contribution in [1.29, 1.82) is 0 Å². The molecule has 0 aliphatic carbocycles. The van der Waals surface area contributed by atoms with Gasteiger partial charge in [0.05, 0.1) is 43.7 Å². The largest absolute Gasteiger partial charge is 0.396 e. The highest BCUT2D eigenvalue weighted by Crippen LogP contribution is 2.21. The Labute approximate surface area is 123 Å². The molecular weight excluding hydrogens is 363 g/mol. The predicted octanol–water partition coefficient (Wildman–Crippen LogP) is 4.83. The van der Waals surface area contributed by atoms with Gasteiger partial charge in [0.1, 0.15) is 5.82 Å². The summed E-state index contributed by atoms with van der Waals surface area (Å²) in [6.45, 7) is 2.07. The van der Waals surface area contributed by atoms with E-state index < -0.39 is 0 Å². The average Bonchev–Trinajstić information content (AvgIpc) is 2.34. The van der Waals surface area contributed by atoms with Crippen molar-refractivity contribution in [3.63, 3.8) is 0 Å². The van der Waals surface area contributed by atoms with Crippen molar-refractivity contribution in [2.24, 2.45) is 0 Å². The van der Waals surface area contributed by atoms with Gasteiger partial charge < -0.3 is 5.73 Å². The number of rotatable bonds is 1. The molecule has 0 aliphatic heterocycles. The smallest absolute Gasteiger partial charge is 0.146 e. The van der Waals surface area contributed by atoms with Crippen LogP contribution in [0.1, 0.15) is 5.56 Å². The van der Waals surface area contributed by atoms with Crippen molar-refractivity contribution in [3.05, 3.63) is 59.9 Å². The van der Waals surface area contributed by atoms with E-state index >= 15 is 0 Å². The Bertz CT molecular complexity index is 466. The van der Waals surface area contributed by atoms with Gasteiger partial charge in [0.25, 0.3) is 0 Å². The summed E-state index contributed by atoms with van der Waals surface area (Å²) in [5, 5.41) is 0. The first kappa shape index (κ1) is 15.0. The van der Waals surface area contributed by atoms with Crippen LogP contribution in [0.2, 0.25) is 0 Å². The Morgan fingerprint density at radius 2 is 1.56 bits per heavy atom. The number of benzene rings is 2. The Hall–Kier alpha value is -1.07. The number of para-hydroxylation sites is 1. The van der Waals surface area contributed by atoms with Crippen LogP contribution in [0, 0.1) is 12.7 Å². The molecule has 0 saturated carbocycles. The minimum absolute atomic E-state index is 0.201. The van der Waals surface area contributed by atoms with Gasteiger partial charge in [0.2, 0.25) is 0 Å². The summed E-state index contributed by atoms with van der Waals surface area (Å²) in [7, 11) is 0.